The summed E-state index contributed by atoms with van der Waals surface area (Å²) in [6.45, 7) is 4.72. The summed E-state index contributed by atoms with van der Waals surface area (Å²) in [7, 11) is 0. The predicted molar refractivity (Wildman–Crippen MR) is 215 cm³/mol. The normalized spacial score (nSPS) is 29.0. The molecule has 4 unspecified atom stereocenters. The van der Waals surface area contributed by atoms with Crippen molar-refractivity contribution in [3.05, 3.63) is 147 Å². The fourth-order valence-electron chi connectivity index (χ4n) is 9.90. The number of furan rings is 1. The highest BCUT2D eigenvalue weighted by Crippen LogP contribution is 2.53. The highest BCUT2D eigenvalue weighted by Gasteiger charge is 2.49. The largest absolute Gasteiger partial charge is 0.489 e. The van der Waals surface area contributed by atoms with E-state index < -0.39 is 0 Å². The minimum Gasteiger partial charge on any atom is -0.489 e. The molecule has 0 saturated heterocycles. The maximum Gasteiger partial charge on any atom is 0.159 e. The molecule has 0 spiro atoms. The first kappa shape index (κ1) is 31.2. The van der Waals surface area contributed by atoms with E-state index in [-0.39, 0.29) is 23.2 Å². The number of aliphatic imine (C=N–C) groups is 2. The van der Waals surface area contributed by atoms with Gasteiger partial charge in [0.2, 0.25) is 0 Å². The van der Waals surface area contributed by atoms with E-state index in [0.29, 0.717) is 0 Å². The molecule has 1 aromatic carbocycles. The van der Waals surface area contributed by atoms with Crippen LogP contribution in [0.4, 0.5) is 0 Å². The van der Waals surface area contributed by atoms with Crippen molar-refractivity contribution in [3.8, 4) is 0 Å². The van der Waals surface area contributed by atoms with Gasteiger partial charge in [0.1, 0.15) is 35.2 Å². The molecular weight excluding hydrogens is 653 g/mol. The Labute approximate surface area is 310 Å². The number of aromatic nitrogens is 1. The maximum atomic E-state index is 7.03. The average Bonchev–Trinajstić information content (AvgIpc) is 3.84. The van der Waals surface area contributed by atoms with E-state index in [1.54, 1.807) is 0 Å². The molecule has 0 radical (unpaired) electrons. The summed E-state index contributed by atoms with van der Waals surface area (Å²) in [5.41, 5.74) is 12.0. The van der Waals surface area contributed by atoms with Crippen molar-refractivity contribution in [1.29, 1.82) is 0 Å². The van der Waals surface area contributed by atoms with Crippen molar-refractivity contribution in [3.63, 3.8) is 0 Å². The van der Waals surface area contributed by atoms with Gasteiger partial charge in [-0.3, -0.25) is 0 Å². The van der Waals surface area contributed by atoms with Gasteiger partial charge in [-0.25, -0.2) is 9.98 Å². The molecule has 0 saturated carbocycles. The number of amidine groups is 2. The number of aryl methyl sites for hydroxylation is 1. The molecule has 2 aliphatic heterocycles. The van der Waals surface area contributed by atoms with E-state index >= 15 is 0 Å². The Morgan fingerprint density at radius 1 is 0.868 bits per heavy atom. The zero-order valence-corrected chi connectivity index (χ0v) is 30.5. The molecule has 11 rings (SSSR count). The Morgan fingerprint density at radius 2 is 1.72 bits per heavy atom. The number of hydrogen-bond donors (Lipinski definition) is 1. The van der Waals surface area contributed by atoms with Gasteiger partial charge >= 0.3 is 0 Å². The zero-order valence-electron chi connectivity index (χ0n) is 30.5. The van der Waals surface area contributed by atoms with Crippen molar-refractivity contribution in [2.45, 2.75) is 89.4 Å². The topological polar surface area (TPSA) is 64.1 Å². The Balaban J connectivity index is 0.922. The maximum absolute atomic E-state index is 7.03. The van der Waals surface area contributed by atoms with Crippen LogP contribution in [0.1, 0.15) is 91.8 Å². The molecule has 1 N–H and O–H groups in total. The van der Waals surface area contributed by atoms with Gasteiger partial charge in [0.05, 0.1) is 11.0 Å². The molecule has 6 nitrogen and oxygen atoms in total. The van der Waals surface area contributed by atoms with Gasteiger partial charge in [-0.15, -0.1) is 0 Å². The minimum absolute atomic E-state index is 0.117. The summed E-state index contributed by atoms with van der Waals surface area (Å²) >= 11 is 0. The number of ether oxygens (including phenoxy) is 1. The molecule has 0 fully saturated rings. The van der Waals surface area contributed by atoms with Crippen molar-refractivity contribution >= 4 is 40.9 Å². The second-order valence-electron chi connectivity index (χ2n) is 16.2. The highest BCUT2D eigenvalue weighted by atomic mass is 16.5. The molecule has 2 aromatic heterocycles. The lowest BCUT2D eigenvalue weighted by molar-refractivity contribution is 0.115. The number of fused-ring (bicyclic) bond motifs is 8. The number of benzene rings is 1. The molecule has 53 heavy (non-hydrogen) atoms. The van der Waals surface area contributed by atoms with Gasteiger partial charge in [0.15, 0.2) is 5.84 Å². The number of nitrogens with zero attached hydrogens (tertiary/aromatic N) is 3. The van der Waals surface area contributed by atoms with E-state index in [4.69, 9.17) is 19.1 Å². The molecule has 6 aliphatic carbocycles. The van der Waals surface area contributed by atoms with Gasteiger partial charge in [0.25, 0.3) is 0 Å². The molecule has 0 amide bonds. The average molecular weight is 697 g/mol. The summed E-state index contributed by atoms with van der Waals surface area (Å²) in [6, 6.07) is 6.43. The van der Waals surface area contributed by atoms with Crippen molar-refractivity contribution in [2.24, 2.45) is 15.4 Å². The van der Waals surface area contributed by atoms with Crippen LogP contribution in [0.25, 0.3) is 29.2 Å². The van der Waals surface area contributed by atoms with Crippen LogP contribution in [-0.4, -0.2) is 28.5 Å². The lowest BCUT2D eigenvalue weighted by Crippen LogP contribution is -2.42. The van der Waals surface area contributed by atoms with E-state index in [1.165, 1.54) is 39.2 Å². The van der Waals surface area contributed by atoms with Gasteiger partial charge in [-0.05, 0) is 105 Å². The summed E-state index contributed by atoms with van der Waals surface area (Å²) in [4.78, 5) is 10.4. The molecule has 8 aliphatic rings. The van der Waals surface area contributed by atoms with Crippen LogP contribution < -0.4 is 5.32 Å². The minimum atomic E-state index is -0.298. The second-order valence-corrected chi connectivity index (χ2v) is 16.2. The first-order valence-electron chi connectivity index (χ1n) is 19.6. The fraction of sp³-hybridized carbons (Fsp3) is 0.319. The smallest absolute Gasteiger partial charge is 0.159 e. The van der Waals surface area contributed by atoms with Crippen LogP contribution in [-0.2, 0) is 29.5 Å². The van der Waals surface area contributed by atoms with Crippen LogP contribution in [0.3, 0.4) is 0 Å². The molecule has 264 valence electrons. The first-order chi connectivity index (χ1) is 25.9. The Kier molecular flexibility index (Phi) is 6.81. The van der Waals surface area contributed by atoms with Crippen molar-refractivity contribution in [1.82, 2.24) is 9.88 Å². The summed E-state index contributed by atoms with van der Waals surface area (Å²) in [6.07, 6.45) is 40.9. The Morgan fingerprint density at radius 3 is 2.62 bits per heavy atom. The summed E-state index contributed by atoms with van der Waals surface area (Å²) < 4.78 is 16.0. The van der Waals surface area contributed by atoms with Crippen molar-refractivity contribution in [2.75, 3.05) is 0 Å². The molecular formula is C47H44N4O2. The van der Waals surface area contributed by atoms with Gasteiger partial charge in [-0.2, -0.15) is 0 Å². The fourth-order valence-corrected chi connectivity index (χ4v) is 9.90. The van der Waals surface area contributed by atoms with Crippen LogP contribution in [0.2, 0.25) is 0 Å². The molecule has 6 heteroatoms. The SMILES string of the molecule is CC12C=CC(C3N=C(c4ccc5c6c(oc5c4)CCC=C6)N=C(C4=CC=CCC4)N3)=CC1OC1=C2C=CC(C)(n2c3c(c4c2CCC=C4)CCC=C3)C1. The molecule has 0 bridgehead atoms. The van der Waals surface area contributed by atoms with Crippen LogP contribution in [0.15, 0.2) is 122 Å². The van der Waals surface area contributed by atoms with E-state index in [1.807, 2.05) is 0 Å². The third-order valence-electron chi connectivity index (χ3n) is 12.7. The first-order valence-corrected chi connectivity index (χ1v) is 19.6. The zero-order chi connectivity index (χ0) is 35.3. The third-order valence-corrected chi connectivity index (χ3v) is 12.7. The summed E-state index contributed by atoms with van der Waals surface area (Å²) in [5.74, 6) is 3.79. The van der Waals surface area contributed by atoms with Gasteiger partial charge in [0, 0.05) is 46.3 Å². The molecule has 4 heterocycles. The monoisotopic (exact) mass is 696 g/mol. The van der Waals surface area contributed by atoms with Crippen LogP contribution in [0.5, 0.6) is 0 Å². The number of rotatable bonds is 4. The Bertz CT molecular complexity index is 2480. The highest BCUT2D eigenvalue weighted by molar-refractivity contribution is 6.14. The third kappa shape index (κ3) is 4.77. The number of nitrogens with one attached hydrogen (secondary N) is 1. The Hall–Kier alpha value is -5.36. The van der Waals surface area contributed by atoms with E-state index in [0.717, 1.165) is 103 Å². The van der Waals surface area contributed by atoms with Crippen LogP contribution in [0, 0.1) is 5.41 Å². The van der Waals surface area contributed by atoms with E-state index in [2.05, 4.69) is 127 Å². The quantitative estimate of drug-likeness (QED) is 0.295. The molecule has 4 atom stereocenters. The van der Waals surface area contributed by atoms with E-state index in [9.17, 15) is 0 Å². The second kappa shape index (κ2) is 11.6. The van der Waals surface area contributed by atoms with Crippen LogP contribution >= 0.6 is 0 Å². The number of hydrogen-bond acceptors (Lipinski definition) is 5. The predicted octanol–water partition coefficient (Wildman–Crippen LogP) is 9.99. The lowest BCUT2D eigenvalue weighted by Gasteiger charge is -2.36. The summed E-state index contributed by atoms with van der Waals surface area (Å²) in [5, 5.41) is 4.87. The number of allylic oxidation sites excluding steroid dienone is 9. The van der Waals surface area contributed by atoms with Gasteiger partial charge < -0.3 is 19.0 Å². The lowest BCUT2D eigenvalue weighted by atomic mass is 9.72. The van der Waals surface area contributed by atoms with Crippen molar-refractivity contribution < 1.29 is 9.15 Å². The standard InChI is InChI=1S/C47H44N4O2/c1-46(51-37-17-9-6-14-32(37)33-15-7-10-18-38(33)51)24-23-36-41(28-46)53-42-27-31(22-25-47(36,42)2)45-49-43(29-12-4-3-5-13-29)48-44(50-45)30-20-21-35-34-16-8-11-19-39(34)52-40(35)26-30/h3-4,6,8,10,12,14,16,18,20-27,42,45H,5,7,9,11,13,15,17,19,28H2,1-2H3,(H,48,49,50). The van der Waals surface area contributed by atoms with Gasteiger partial charge in [-0.1, -0.05) is 79.0 Å². The molecule has 3 aromatic rings.